The van der Waals surface area contributed by atoms with E-state index in [1.165, 1.54) is 5.56 Å². The molecule has 2 fully saturated rings. The molecular formula is C27H46N2O3Si. The van der Waals surface area contributed by atoms with E-state index in [9.17, 15) is 4.79 Å². The van der Waals surface area contributed by atoms with Crippen LogP contribution >= 0.6 is 0 Å². The number of hydrogen-bond donors (Lipinski definition) is 0. The summed E-state index contributed by atoms with van der Waals surface area (Å²) in [6.45, 7) is 22.5. The molecular weight excluding hydrogens is 428 g/mol. The van der Waals surface area contributed by atoms with Gasteiger partial charge < -0.3 is 9.16 Å². The molecule has 186 valence electrons. The molecule has 2 heterocycles. The number of rotatable bonds is 5. The third-order valence-corrected chi connectivity index (χ3v) is 12.5. The van der Waals surface area contributed by atoms with Gasteiger partial charge in [0.2, 0.25) is 0 Å². The van der Waals surface area contributed by atoms with Crippen molar-refractivity contribution in [3.05, 3.63) is 35.9 Å². The first-order valence-electron chi connectivity index (χ1n) is 12.6. The van der Waals surface area contributed by atoms with Gasteiger partial charge in [0.15, 0.2) is 8.32 Å². The SMILES string of the molecule is C[C@H](O[Si](C)(C)C(C)(C)C)[C@@H]1[C@H]2CC[C@@H]([C@@H](C)N1C(=O)OC(C)(C)C)N2Cc1ccccc1. The predicted molar refractivity (Wildman–Crippen MR) is 138 cm³/mol. The predicted octanol–water partition coefficient (Wildman–Crippen LogP) is 6.44. The average molecular weight is 475 g/mol. The highest BCUT2D eigenvalue weighted by Crippen LogP contribution is 2.43. The Bertz CT molecular complexity index is 815. The summed E-state index contributed by atoms with van der Waals surface area (Å²) < 4.78 is 12.8. The highest BCUT2D eigenvalue weighted by atomic mass is 28.4. The molecule has 2 aliphatic rings. The Morgan fingerprint density at radius 3 is 2.18 bits per heavy atom. The summed E-state index contributed by atoms with van der Waals surface area (Å²) in [5.41, 5.74) is 0.800. The molecule has 5 atom stereocenters. The second-order valence-corrected chi connectivity index (χ2v) is 17.3. The van der Waals surface area contributed by atoms with Gasteiger partial charge in [0.1, 0.15) is 5.60 Å². The lowest BCUT2D eigenvalue weighted by atomic mass is 9.94. The van der Waals surface area contributed by atoms with E-state index in [-0.39, 0.29) is 35.4 Å². The minimum Gasteiger partial charge on any atom is -0.444 e. The molecule has 2 saturated heterocycles. The van der Waals surface area contributed by atoms with Gasteiger partial charge in [-0.15, -0.1) is 0 Å². The van der Waals surface area contributed by atoms with E-state index >= 15 is 0 Å². The normalized spacial score (nSPS) is 27.5. The fourth-order valence-electron chi connectivity index (χ4n) is 5.33. The van der Waals surface area contributed by atoms with E-state index in [1.807, 2.05) is 25.7 Å². The smallest absolute Gasteiger partial charge is 0.410 e. The maximum atomic E-state index is 13.5. The number of ether oxygens (including phenoxy) is 1. The van der Waals surface area contributed by atoms with Crippen molar-refractivity contribution in [2.75, 3.05) is 0 Å². The lowest BCUT2D eigenvalue weighted by Gasteiger charge is -2.53. The van der Waals surface area contributed by atoms with Crippen LogP contribution in [0.1, 0.15) is 73.8 Å². The van der Waals surface area contributed by atoms with Gasteiger partial charge in [0.25, 0.3) is 0 Å². The first kappa shape index (κ1) is 26.2. The summed E-state index contributed by atoms with van der Waals surface area (Å²) in [5.74, 6) is 0. The number of hydrogen-bond acceptors (Lipinski definition) is 4. The van der Waals surface area contributed by atoms with Gasteiger partial charge in [0, 0.05) is 24.7 Å². The molecule has 0 aliphatic carbocycles. The molecule has 1 aromatic carbocycles. The van der Waals surface area contributed by atoms with Crippen molar-refractivity contribution in [2.24, 2.45) is 0 Å². The van der Waals surface area contributed by atoms with Crippen molar-refractivity contribution in [1.82, 2.24) is 9.80 Å². The van der Waals surface area contributed by atoms with E-state index in [0.29, 0.717) is 6.04 Å². The van der Waals surface area contributed by atoms with Crippen LogP contribution in [0.15, 0.2) is 30.3 Å². The Hall–Kier alpha value is -1.37. The van der Waals surface area contributed by atoms with Gasteiger partial charge >= 0.3 is 6.09 Å². The average Bonchev–Trinajstić information content (AvgIpc) is 2.98. The Morgan fingerprint density at radius 1 is 1.06 bits per heavy atom. The largest absolute Gasteiger partial charge is 0.444 e. The molecule has 2 aliphatic heterocycles. The van der Waals surface area contributed by atoms with Crippen molar-refractivity contribution < 1.29 is 14.0 Å². The number of amides is 1. The van der Waals surface area contributed by atoms with Crippen LogP contribution in [0.2, 0.25) is 18.1 Å². The molecule has 6 heteroatoms. The van der Waals surface area contributed by atoms with Gasteiger partial charge in [-0.3, -0.25) is 9.80 Å². The molecule has 0 aromatic heterocycles. The number of nitrogens with zero attached hydrogens (tertiary/aromatic N) is 2. The highest BCUT2D eigenvalue weighted by Gasteiger charge is 2.55. The van der Waals surface area contributed by atoms with Crippen LogP contribution in [0.5, 0.6) is 0 Å². The zero-order valence-corrected chi connectivity index (χ0v) is 23.5. The Kier molecular flexibility index (Phi) is 7.43. The fourth-order valence-corrected chi connectivity index (χ4v) is 6.75. The molecule has 0 spiro atoms. The van der Waals surface area contributed by atoms with Crippen LogP contribution in [-0.2, 0) is 15.7 Å². The van der Waals surface area contributed by atoms with Gasteiger partial charge in [-0.1, -0.05) is 51.1 Å². The Morgan fingerprint density at radius 2 is 1.64 bits per heavy atom. The third kappa shape index (κ3) is 5.65. The minimum atomic E-state index is -2.01. The van der Waals surface area contributed by atoms with E-state index in [0.717, 1.165) is 19.4 Å². The summed E-state index contributed by atoms with van der Waals surface area (Å²) in [6.07, 6.45) is 1.91. The monoisotopic (exact) mass is 474 g/mol. The summed E-state index contributed by atoms with van der Waals surface area (Å²) in [6, 6.07) is 11.3. The van der Waals surface area contributed by atoms with Crippen molar-refractivity contribution in [3.63, 3.8) is 0 Å². The number of likely N-dealkylation sites (tertiary alicyclic amines) is 1. The molecule has 33 heavy (non-hydrogen) atoms. The van der Waals surface area contributed by atoms with Gasteiger partial charge in [-0.25, -0.2) is 4.79 Å². The molecule has 2 bridgehead atoms. The van der Waals surface area contributed by atoms with E-state index < -0.39 is 13.9 Å². The zero-order chi connectivity index (χ0) is 24.8. The Labute approximate surface area is 202 Å². The molecule has 0 saturated carbocycles. The van der Waals surface area contributed by atoms with Crippen molar-refractivity contribution >= 4 is 14.4 Å². The lowest BCUT2D eigenvalue weighted by molar-refractivity contribution is -0.0746. The Balaban J connectivity index is 1.96. The molecule has 1 aromatic rings. The maximum Gasteiger partial charge on any atom is 0.410 e. The quantitative estimate of drug-likeness (QED) is 0.461. The first-order chi connectivity index (χ1) is 15.1. The first-order valence-corrected chi connectivity index (χ1v) is 15.5. The summed E-state index contributed by atoms with van der Waals surface area (Å²) in [5, 5.41) is 0.111. The third-order valence-electron chi connectivity index (χ3n) is 7.90. The van der Waals surface area contributed by atoms with Crippen LogP contribution < -0.4 is 0 Å². The van der Waals surface area contributed by atoms with Crippen LogP contribution in [0, 0.1) is 0 Å². The van der Waals surface area contributed by atoms with Crippen LogP contribution in [0.3, 0.4) is 0 Å². The standard InChI is InChI=1S/C27H46N2O3Si/c1-19-22-16-17-23(28(22)18-21-14-12-11-13-15-21)24(29(19)25(30)31-26(3,4)5)20(2)32-33(9,10)27(6,7)8/h11-15,19-20,22-24H,16-18H2,1-10H3/t19-,20+,22+,23-,24-/m1/s1. The van der Waals surface area contributed by atoms with Gasteiger partial charge in [0.05, 0.1) is 12.1 Å². The summed E-state index contributed by atoms with van der Waals surface area (Å²) >= 11 is 0. The molecule has 0 radical (unpaired) electrons. The summed E-state index contributed by atoms with van der Waals surface area (Å²) in [4.78, 5) is 18.2. The fraction of sp³-hybridized carbons (Fsp3) is 0.741. The second-order valence-electron chi connectivity index (χ2n) is 12.6. The molecule has 5 nitrogen and oxygen atoms in total. The number of benzene rings is 1. The van der Waals surface area contributed by atoms with Crippen LogP contribution in [0.4, 0.5) is 4.79 Å². The van der Waals surface area contributed by atoms with Crippen LogP contribution in [-0.4, -0.2) is 60.1 Å². The van der Waals surface area contributed by atoms with Crippen molar-refractivity contribution in [3.8, 4) is 0 Å². The van der Waals surface area contributed by atoms with E-state index in [1.54, 1.807) is 0 Å². The number of fused-ring (bicyclic) bond motifs is 2. The van der Waals surface area contributed by atoms with Crippen LogP contribution in [0.25, 0.3) is 0 Å². The number of piperazine rings is 1. The maximum absolute atomic E-state index is 13.5. The van der Waals surface area contributed by atoms with Crippen molar-refractivity contribution in [1.29, 1.82) is 0 Å². The van der Waals surface area contributed by atoms with E-state index in [2.05, 4.69) is 82.9 Å². The molecule has 1 amide bonds. The van der Waals surface area contributed by atoms with Gasteiger partial charge in [-0.2, -0.15) is 0 Å². The molecule has 0 N–H and O–H groups in total. The van der Waals surface area contributed by atoms with Gasteiger partial charge in [-0.05, 0) is 71.2 Å². The second kappa shape index (κ2) is 9.35. The zero-order valence-electron chi connectivity index (χ0n) is 22.5. The van der Waals surface area contributed by atoms with Crippen molar-refractivity contribution in [2.45, 2.75) is 129 Å². The van der Waals surface area contributed by atoms with E-state index in [4.69, 9.17) is 9.16 Å². The minimum absolute atomic E-state index is 0.0357. The number of carbonyl (C=O) groups excluding carboxylic acids is 1. The molecule has 0 unspecified atom stereocenters. The lowest BCUT2D eigenvalue weighted by Crippen LogP contribution is -2.69. The number of carbonyl (C=O) groups is 1. The molecule has 3 rings (SSSR count). The summed E-state index contributed by atoms with van der Waals surface area (Å²) in [7, 11) is -2.01. The topological polar surface area (TPSA) is 42.0 Å². The highest BCUT2D eigenvalue weighted by molar-refractivity contribution is 6.74.